The van der Waals surface area contributed by atoms with E-state index in [0.717, 1.165) is 28.8 Å². The highest BCUT2D eigenvalue weighted by Crippen LogP contribution is 2.36. The minimum absolute atomic E-state index is 0.105. The van der Waals surface area contributed by atoms with E-state index < -0.39 is 5.97 Å². The second kappa shape index (κ2) is 11.5. The van der Waals surface area contributed by atoms with Crippen molar-refractivity contribution in [1.29, 1.82) is 0 Å². The van der Waals surface area contributed by atoms with Gasteiger partial charge < -0.3 is 15.4 Å². The average molecular weight is 451 g/mol. The Bertz CT molecular complexity index is 1040. The van der Waals surface area contributed by atoms with Gasteiger partial charge in [0.15, 0.2) is 0 Å². The summed E-state index contributed by atoms with van der Waals surface area (Å²) < 4.78 is 5.26. The van der Waals surface area contributed by atoms with E-state index in [-0.39, 0.29) is 19.1 Å². The summed E-state index contributed by atoms with van der Waals surface area (Å²) in [5, 5.41) is 8.40. The molecule has 0 unspecified atom stereocenters. The van der Waals surface area contributed by atoms with Crippen molar-refractivity contribution in [2.75, 3.05) is 23.8 Å². The molecule has 0 atom stereocenters. The zero-order valence-corrected chi connectivity index (χ0v) is 19.7. The van der Waals surface area contributed by atoms with Crippen molar-refractivity contribution in [2.24, 2.45) is 0 Å². The van der Waals surface area contributed by atoms with Crippen LogP contribution < -0.4 is 10.6 Å². The van der Waals surface area contributed by atoms with Gasteiger partial charge in [-0.25, -0.2) is 4.79 Å². The second-order valence-corrected chi connectivity index (χ2v) is 8.52. The molecule has 6 heteroatoms. The third kappa shape index (κ3) is 6.20. The van der Waals surface area contributed by atoms with Gasteiger partial charge in [0.2, 0.25) is 5.91 Å². The molecule has 3 aromatic rings. The second-order valence-electron chi connectivity index (χ2n) is 7.64. The number of hydrogen-bond donors (Lipinski definition) is 2. The van der Waals surface area contributed by atoms with Crippen LogP contribution >= 0.6 is 11.3 Å². The SMILES string of the molecule is CCCCc1ccc(NCC(=O)Nc2scc(-c3ccc(C)cc3)c2C(=O)OCC)cc1. The molecule has 168 valence electrons. The molecule has 0 bridgehead atoms. The summed E-state index contributed by atoms with van der Waals surface area (Å²) in [5.74, 6) is -0.654. The highest BCUT2D eigenvalue weighted by atomic mass is 32.1. The van der Waals surface area contributed by atoms with Crippen molar-refractivity contribution in [3.8, 4) is 11.1 Å². The Hall–Kier alpha value is -3.12. The average Bonchev–Trinajstić information content (AvgIpc) is 3.21. The summed E-state index contributed by atoms with van der Waals surface area (Å²) in [5.41, 5.74) is 5.39. The third-order valence-corrected chi connectivity index (χ3v) is 6.01. The first-order valence-electron chi connectivity index (χ1n) is 11.0. The molecule has 3 rings (SSSR count). The van der Waals surface area contributed by atoms with E-state index in [4.69, 9.17) is 4.74 Å². The summed E-state index contributed by atoms with van der Waals surface area (Å²) in [6.45, 7) is 6.34. The molecule has 0 aliphatic heterocycles. The molecule has 0 saturated carbocycles. The van der Waals surface area contributed by atoms with Gasteiger partial charge in [-0.2, -0.15) is 0 Å². The predicted molar refractivity (Wildman–Crippen MR) is 133 cm³/mol. The lowest BCUT2D eigenvalue weighted by atomic mass is 10.0. The summed E-state index contributed by atoms with van der Waals surface area (Å²) in [6, 6.07) is 16.1. The lowest BCUT2D eigenvalue weighted by Crippen LogP contribution is -2.22. The van der Waals surface area contributed by atoms with Gasteiger partial charge in [-0.05, 0) is 49.9 Å². The number of nitrogens with one attached hydrogen (secondary N) is 2. The number of benzene rings is 2. The molecule has 1 heterocycles. The van der Waals surface area contributed by atoms with E-state index >= 15 is 0 Å². The zero-order valence-electron chi connectivity index (χ0n) is 18.9. The maximum Gasteiger partial charge on any atom is 0.341 e. The third-order valence-electron chi connectivity index (χ3n) is 5.11. The first kappa shape index (κ1) is 23.5. The molecule has 1 aromatic heterocycles. The van der Waals surface area contributed by atoms with Crippen molar-refractivity contribution in [3.63, 3.8) is 0 Å². The number of carbonyl (C=O) groups excluding carboxylic acids is 2. The Kier molecular flexibility index (Phi) is 8.45. The molecule has 0 radical (unpaired) electrons. The predicted octanol–water partition coefficient (Wildman–Crippen LogP) is 6.29. The zero-order chi connectivity index (χ0) is 22.9. The molecule has 32 heavy (non-hydrogen) atoms. The Morgan fingerprint density at radius 1 is 1.00 bits per heavy atom. The number of hydrogen-bond acceptors (Lipinski definition) is 5. The molecule has 0 spiro atoms. The molecule has 0 fully saturated rings. The van der Waals surface area contributed by atoms with Gasteiger partial charge in [-0.1, -0.05) is 55.3 Å². The molecule has 1 amide bonds. The number of amides is 1. The Balaban J connectivity index is 1.69. The first-order valence-corrected chi connectivity index (χ1v) is 11.9. The van der Waals surface area contributed by atoms with Gasteiger partial charge in [0.05, 0.1) is 13.2 Å². The molecule has 2 aromatic carbocycles. The molecular formula is C26H30N2O3S. The van der Waals surface area contributed by atoms with Gasteiger partial charge >= 0.3 is 5.97 Å². The number of unbranched alkanes of at least 4 members (excludes halogenated alkanes) is 1. The van der Waals surface area contributed by atoms with E-state index in [0.29, 0.717) is 10.6 Å². The molecule has 5 nitrogen and oxygen atoms in total. The standard InChI is InChI=1S/C26H30N2O3S/c1-4-6-7-19-10-14-21(15-11-19)27-16-23(29)28-25-24(26(30)31-5-2)22(17-32-25)20-12-8-18(3)9-13-20/h8-15,17,27H,4-7,16H2,1-3H3,(H,28,29). The highest BCUT2D eigenvalue weighted by molar-refractivity contribution is 7.15. The fraction of sp³-hybridized carbons (Fsp3) is 0.308. The van der Waals surface area contributed by atoms with Crippen LogP contribution in [0.4, 0.5) is 10.7 Å². The molecule has 0 aliphatic rings. The van der Waals surface area contributed by atoms with Crippen LogP contribution in [0.25, 0.3) is 11.1 Å². The fourth-order valence-corrected chi connectivity index (χ4v) is 4.30. The maximum absolute atomic E-state index is 12.7. The maximum atomic E-state index is 12.7. The van der Waals surface area contributed by atoms with Gasteiger partial charge in [0.1, 0.15) is 10.6 Å². The minimum Gasteiger partial charge on any atom is -0.462 e. The van der Waals surface area contributed by atoms with Gasteiger partial charge in [-0.15, -0.1) is 11.3 Å². The normalized spacial score (nSPS) is 10.6. The topological polar surface area (TPSA) is 67.4 Å². The van der Waals surface area contributed by atoms with Crippen LogP contribution in [0.2, 0.25) is 0 Å². The van der Waals surface area contributed by atoms with Crippen molar-refractivity contribution < 1.29 is 14.3 Å². The van der Waals surface area contributed by atoms with Crippen molar-refractivity contribution in [2.45, 2.75) is 40.0 Å². The van der Waals surface area contributed by atoms with Gasteiger partial charge in [-0.3, -0.25) is 4.79 Å². The van der Waals surface area contributed by atoms with E-state index in [1.165, 1.54) is 29.7 Å². The summed E-state index contributed by atoms with van der Waals surface area (Å²) >= 11 is 1.33. The lowest BCUT2D eigenvalue weighted by Gasteiger charge is -2.10. The first-order chi connectivity index (χ1) is 15.5. The number of carbonyl (C=O) groups is 2. The van der Waals surface area contributed by atoms with Crippen LogP contribution in [0.3, 0.4) is 0 Å². The molecule has 2 N–H and O–H groups in total. The summed E-state index contributed by atoms with van der Waals surface area (Å²) in [6.07, 6.45) is 3.40. The van der Waals surface area contributed by atoms with Crippen molar-refractivity contribution in [3.05, 3.63) is 70.6 Å². The summed E-state index contributed by atoms with van der Waals surface area (Å²) in [7, 11) is 0. The van der Waals surface area contributed by atoms with Crippen LogP contribution in [0.15, 0.2) is 53.9 Å². The van der Waals surface area contributed by atoms with Crippen LogP contribution in [0.1, 0.15) is 48.2 Å². The molecular weight excluding hydrogens is 420 g/mol. The number of aryl methyl sites for hydroxylation is 2. The quantitative estimate of drug-likeness (QED) is 0.356. The molecule has 0 saturated heterocycles. The largest absolute Gasteiger partial charge is 0.462 e. The lowest BCUT2D eigenvalue weighted by molar-refractivity contribution is -0.114. The monoisotopic (exact) mass is 450 g/mol. The number of rotatable bonds is 10. The van der Waals surface area contributed by atoms with E-state index in [1.54, 1.807) is 6.92 Å². The van der Waals surface area contributed by atoms with E-state index in [9.17, 15) is 9.59 Å². The van der Waals surface area contributed by atoms with Crippen LogP contribution in [-0.2, 0) is 16.0 Å². The van der Waals surface area contributed by atoms with Crippen LogP contribution in [0.5, 0.6) is 0 Å². The fourth-order valence-electron chi connectivity index (χ4n) is 3.32. The number of anilines is 2. The Labute approximate surface area is 193 Å². The van der Waals surface area contributed by atoms with E-state index in [2.05, 4.69) is 29.7 Å². The number of ether oxygens (including phenoxy) is 1. The highest BCUT2D eigenvalue weighted by Gasteiger charge is 2.22. The molecule has 0 aliphatic carbocycles. The van der Waals surface area contributed by atoms with Crippen molar-refractivity contribution in [1.82, 2.24) is 0 Å². The summed E-state index contributed by atoms with van der Waals surface area (Å²) in [4.78, 5) is 25.3. The van der Waals surface area contributed by atoms with Crippen molar-refractivity contribution >= 4 is 33.9 Å². The van der Waals surface area contributed by atoms with Gasteiger partial charge in [0, 0.05) is 16.6 Å². The smallest absolute Gasteiger partial charge is 0.341 e. The Morgan fingerprint density at radius 2 is 1.72 bits per heavy atom. The number of esters is 1. The Morgan fingerprint density at radius 3 is 2.38 bits per heavy atom. The van der Waals surface area contributed by atoms with Gasteiger partial charge in [0.25, 0.3) is 0 Å². The van der Waals surface area contributed by atoms with E-state index in [1.807, 2.05) is 48.7 Å². The number of thiophene rings is 1. The van der Waals surface area contributed by atoms with Crippen LogP contribution in [0, 0.1) is 6.92 Å². The minimum atomic E-state index is -0.435. The van der Waals surface area contributed by atoms with Crippen LogP contribution in [-0.4, -0.2) is 25.0 Å².